The fourth-order valence-electron chi connectivity index (χ4n) is 2.56. The predicted molar refractivity (Wildman–Crippen MR) is 83.0 cm³/mol. The highest BCUT2D eigenvalue weighted by Gasteiger charge is 2.17. The van der Waals surface area contributed by atoms with Crippen molar-refractivity contribution in [1.29, 1.82) is 0 Å². The number of hydrogen-bond donors (Lipinski definition) is 1. The van der Waals surface area contributed by atoms with Gasteiger partial charge in [0.15, 0.2) is 0 Å². The molecule has 1 N–H and O–H groups in total. The van der Waals surface area contributed by atoms with Crippen molar-refractivity contribution in [2.45, 2.75) is 25.8 Å². The zero-order chi connectivity index (χ0) is 14.2. The summed E-state index contributed by atoms with van der Waals surface area (Å²) in [6.07, 6.45) is 7.68. The van der Waals surface area contributed by atoms with Crippen LogP contribution in [0, 0.1) is 19.3 Å². The average molecular weight is 272 g/mol. The number of piperidine rings is 1. The van der Waals surface area contributed by atoms with Crippen molar-refractivity contribution in [2.75, 3.05) is 32.8 Å². The molecule has 0 bridgehead atoms. The van der Waals surface area contributed by atoms with E-state index in [1.165, 1.54) is 18.4 Å². The SMILES string of the molecule is C#CCN1CCC(NCCOc2cccc(C)c2)CC1. The number of nitrogens with one attached hydrogen (secondary N) is 1. The van der Waals surface area contributed by atoms with E-state index in [0.717, 1.165) is 31.9 Å². The number of nitrogens with zero attached hydrogens (tertiary/aromatic N) is 1. The summed E-state index contributed by atoms with van der Waals surface area (Å²) in [6.45, 7) is 6.67. The highest BCUT2D eigenvalue weighted by Crippen LogP contribution is 2.12. The molecule has 1 aromatic carbocycles. The smallest absolute Gasteiger partial charge is 0.119 e. The van der Waals surface area contributed by atoms with Gasteiger partial charge in [-0.05, 0) is 37.5 Å². The van der Waals surface area contributed by atoms with Gasteiger partial charge in [-0.1, -0.05) is 18.1 Å². The number of likely N-dealkylation sites (tertiary alicyclic amines) is 1. The molecule has 0 unspecified atom stereocenters. The molecule has 1 heterocycles. The van der Waals surface area contributed by atoms with Crippen molar-refractivity contribution in [1.82, 2.24) is 10.2 Å². The maximum absolute atomic E-state index is 5.74. The van der Waals surface area contributed by atoms with Gasteiger partial charge in [-0.25, -0.2) is 0 Å². The van der Waals surface area contributed by atoms with Gasteiger partial charge in [0.2, 0.25) is 0 Å². The molecule has 1 saturated heterocycles. The van der Waals surface area contributed by atoms with E-state index in [9.17, 15) is 0 Å². The third kappa shape index (κ3) is 4.88. The third-order valence-electron chi connectivity index (χ3n) is 3.70. The summed E-state index contributed by atoms with van der Waals surface area (Å²) in [6, 6.07) is 8.78. The van der Waals surface area contributed by atoms with E-state index in [1.807, 2.05) is 12.1 Å². The first-order chi connectivity index (χ1) is 9.78. The van der Waals surface area contributed by atoms with E-state index in [1.54, 1.807) is 0 Å². The van der Waals surface area contributed by atoms with Gasteiger partial charge in [0.05, 0.1) is 6.54 Å². The second kappa shape index (κ2) is 7.94. The number of hydrogen-bond acceptors (Lipinski definition) is 3. The maximum Gasteiger partial charge on any atom is 0.119 e. The van der Waals surface area contributed by atoms with Gasteiger partial charge in [-0.3, -0.25) is 4.90 Å². The van der Waals surface area contributed by atoms with Crippen LogP contribution in [0.15, 0.2) is 24.3 Å². The Morgan fingerprint density at radius 3 is 2.90 bits per heavy atom. The first-order valence-electron chi connectivity index (χ1n) is 7.36. The molecule has 1 aliphatic rings. The Kier molecular flexibility index (Phi) is 5.91. The van der Waals surface area contributed by atoms with Crippen LogP contribution in [0.5, 0.6) is 5.75 Å². The lowest BCUT2D eigenvalue weighted by molar-refractivity contribution is 0.210. The highest BCUT2D eigenvalue weighted by atomic mass is 16.5. The number of terminal acetylenes is 1. The predicted octanol–water partition coefficient (Wildman–Crippen LogP) is 2.06. The Bertz CT molecular complexity index is 445. The largest absolute Gasteiger partial charge is 0.492 e. The molecule has 1 aromatic rings. The summed E-state index contributed by atoms with van der Waals surface area (Å²) in [4.78, 5) is 2.33. The number of ether oxygens (including phenoxy) is 1. The molecule has 3 heteroatoms. The lowest BCUT2D eigenvalue weighted by Gasteiger charge is -2.31. The first-order valence-corrected chi connectivity index (χ1v) is 7.36. The van der Waals surface area contributed by atoms with Gasteiger partial charge >= 0.3 is 0 Å². The summed E-state index contributed by atoms with van der Waals surface area (Å²) in [5.41, 5.74) is 1.23. The summed E-state index contributed by atoms with van der Waals surface area (Å²) in [5.74, 6) is 3.67. The van der Waals surface area contributed by atoms with Crippen molar-refractivity contribution in [2.24, 2.45) is 0 Å². The van der Waals surface area contributed by atoms with E-state index in [0.29, 0.717) is 12.6 Å². The van der Waals surface area contributed by atoms with Crippen LogP contribution in [0.4, 0.5) is 0 Å². The Labute approximate surface area is 122 Å². The standard InChI is InChI=1S/C17H24N2O/c1-3-10-19-11-7-16(8-12-19)18-9-13-20-17-6-4-5-15(2)14-17/h1,4-6,14,16,18H,7-13H2,2H3. The number of benzene rings is 1. The monoisotopic (exact) mass is 272 g/mol. The van der Waals surface area contributed by atoms with E-state index in [2.05, 4.69) is 35.2 Å². The summed E-state index contributed by atoms with van der Waals surface area (Å²) < 4.78 is 5.74. The van der Waals surface area contributed by atoms with Gasteiger partial charge in [-0.15, -0.1) is 6.42 Å². The molecule has 1 fully saturated rings. The Balaban J connectivity index is 1.59. The molecular formula is C17H24N2O. The van der Waals surface area contributed by atoms with Crippen molar-refractivity contribution in [3.63, 3.8) is 0 Å². The zero-order valence-electron chi connectivity index (χ0n) is 12.3. The third-order valence-corrected chi connectivity index (χ3v) is 3.70. The first kappa shape index (κ1) is 14.9. The summed E-state index contributed by atoms with van der Waals surface area (Å²) in [7, 11) is 0. The minimum absolute atomic E-state index is 0.602. The van der Waals surface area contributed by atoms with Gasteiger partial charge < -0.3 is 10.1 Å². The Hall–Kier alpha value is -1.50. The highest BCUT2D eigenvalue weighted by molar-refractivity contribution is 5.27. The molecule has 0 spiro atoms. The summed E-state index contributed by atoms with van der Waals surface area (Å²) >= 11 is 0. The van der Waals surface area contributed by atoms with E-state index >= 15 is 0 Å². The molecule has 0 aromatic heterocycles. The lowest BCUT2D eigenvalue weighted by Crippen LogP contribution is -2.43. The van der Waals surface area contributed by atoms with Crippen molar-refractivity contribution < 1.29 is 4.74 Å². The van der Waals surface area contributed by atoms with Crippen molar-refractivity contribution >= 4 is 0 Å². The molecule has 0 radical (unpaired) electrons. The van der Waals surface area contributed by atoms with Crippen LogP contribution in [0.2, 0.25) is 0 Å². The van der Waals surface area contributed by atoms with Crippen LogP contribution in [-0.2, 0) is 0 Å². The van der Waals surface area contributed by atoms with E-state index < -0.39 is 0 Å². The zero-order valence-corrected chi connectivity index (χ0v) is 12.3. The second-order valence-corrected chi connectivity index (χ2v) is 5.37. The van der Waals surface area contributed by atoms with Gasteiger partial charge in [-0.2, -0.15) is 0 Å². The average Bonchev–Trinajstić information content (AvgIpc) is 2.46. The van der Waals surface area contributed by atoms with Crippen LogP contribution >= 0.6 is 0 Å². The molecule has 20 heavy (non-hydrogen) atoms. The molecule has 2 rings (SSSR count). The quantitative estimate of drug-likeness (QED) is 0.634. The molecule has 108 valence electrons. The van der Waals surface area contributed by atoms with Crippen LogP contribution in [0.3, 0.4) is 0 Å². The number of rotatable bonds is 6. The van der Waals surface area contributed by atoms with Crippen molar-refractivity contribution in [3.8, 4) is 18.1 Å². The van der Waals surface area contributed by atoms with E-state index in [4.69, 9.17) is 11.2 Å². The fourth-order valence-corrected chi connectivity index (χ4v) is 2.56. The molecule has 0 amide bonds. The molecular weight excluding hydrogens is 248 g/mol. The minimum Gasteiger partial charge on any atom is -0.492 e. The Morgan fingerprint density at radius 2 is 2.20 bits per heavy atom. The molecule has 0 aliphatic carbocycles. The maximum atomic E-state index is 5.74. The van der Waals surface area contributed by atoms with Crippen molar-refractivity contribution in [3.05, 3.63) is 29.8 Å². The Morgan fingerprint density at radius 1 is 1.40 bits per heavy atom. The molecule has 3 nitrogen and oxygen atoms in total. The normalized spacial score (nSPS) is 16.8. The molecule has 1 aliphatic heterocycles. The fraction of sp³-hybridized carbons (Fsp3) is 0.529. The molecule has 0 saturated carbocycles. The van der Waals surface area contributed by atoms with Gasteiger partial charge in [0, 0.05) is 25.7 Å². The van der Waals surface area contributed by atoms with Gasteiger partial charge in [0.25, 0.3) is 0 Å². The molecule has 0 atom stereocenters. The second-order valence-electron chi connectivity index (χ2n) is 5.37. The van der Waals surface area contributed by atoms with Crippen LogP contribution in [-0.4, -0.2) is 43.7 Å². The summed E-state index contributed by atoms with van der Waals surface area (Å²) in [5, 5.41) is 3.57. The topological polar surface area (TPSA) is 24.5 Å². The van der Waals surface area contributed by atoms with Crippen LogP contribution in [0.1, 0.15) is 18.4 Å². The van der Waals surface area contributed by atoms with Crippen LogP contribution < -0.4 is 10.1 Å². The van der Waals surface area contributed by atoms with Crippen LogP contribution in [0.25, 0.3) is 0 Å². The van der Waals surface area contributed by atoms with Gasteiger partial charge in [0.1, 0.15) is 12.4 Å². The lowest BCUT2D eigenvalue weighted by atomic mass is 10.1. The minimum atomic E-state index is 0.602. The number of aryl methyl sites for hydroxylation is 1. The van der Waals surface area contributed by atoms with E-state index in [-0.39, 0.29) is 0 Å².